The minimum atomic E-state index is -0.177. The maximum absolute atomic E-state index is 13.5. The van der Waals surface area contributed by atoms with Crippen LogP contribution in [0, 0.1) is 5.92 Å². The molecule has 37 heavy (non-hydrogen) atoms. The van der Waals surface area contributed by atoms with Gasteiger partial charge < -0.3 is 9.64 Å². The number of thioether (sulfide) groups is 1. The summed E-state index contributed by atoms with van der Waals surface area (Å²) in [5.74, 6) is 0.837. The van der Waals surface area contributed by atoms with Crippen LogP contribution in [0.4, 0.5) is 15.8 Å². The van der Waals surface area contributed by atoms with E-state index in [9.17, 15) is 9.60 Å². The van der Waals surface area contributed by atoms with Crippen molar-refractivity contribution >= 4 is 39.9 Å². The summed E-state index contributed by atoms with van der Waals surface area (Å²) in [6.45, 7) is 1.36. The molecule has 0 bridgehead atoms. The van der Waals surface area contributed by atoms with Crippen LogP contribution in [0.2, 0.25) is 5.02 Å². The van der Waals surface area contributed by atoms with Crippen molar-refractivity contribution in [3.8, 4) is 5.75 Å². The average Bonchev–Trinajstić information content (AvgIpc) is 2.93. The quantitative estimate of drug-likeness (QED) is 0.124. The molecule has 1 aliphatic rings. The van der Waals surface area contributed by atoms with Crippen molar-refractivity contribution in [1.29, 1.82) is 0 Å². The number of anilines is 1. The lowest BCUT2D eigenvalue weighted by Gasteiger charge is -2.28. The zero-order valence-electron chi connectivity index (χ0n) is 20.5. The number of aliphatic imine (C=N–C) groups is 1. The molecule has 0 aromatic heterocycles. The molecule has 0 fully saturated rings. The fourth-order valence-corrected chi connectivity index (χ4v) is 5.06. The number of nitrogens with zero attached hydrogens (tertiary/aromatic N) is 2. The first-order valence-corrected chi connectivity index (χ1v) is 13.2. The fourth-order valence-electron chi connectivity index (χ4n) is 3.93. The maximum Gasteiger partial charge on any atom is 0.169 e. The predicted octanol–water partition coefficient (Wildman–Crippen LogP) is 8.25. The molecule has 5 nitrogen and oxygen atoms in total. The Morgan fingerprint density at radius 2 is 2.00 bits per heavy atom. The van der Waals surface area contributed by atoms with E-state index in [2.05, 4.69) is 22.5 Å². The number of hydrogen-bond acceptors (Lipinski definition) is 5. The van der Waals surface area contributed by atoms with Crippen molar-refractivity contribution in [1.82, 2.24) is 4.90 Å². The summed E-state index contributed by atoms with van der Waals surface area (Å²) < 4.78 is 18.9. The van der Waals surface area contributed by atoms with E-state index >= 15 is 0 Å². The van der Waals surface area contributed by atoms with Gasteiger partial charge in [-0.1, -0.05) is 65.8 Å². The summed E-state index contributed by atoms with van der Waals surface area (Å²) in [6.07, 6.45) is 6.66. The molecular weight excluding hydrogens is 509 g/mol. The van der Waals surface area contributed by atoms with Gasteiger partial charge in [-0.05, 0) is 72.9 Å². The SMILES string of the molecule is COc1cccc(SC(=Nc2ccc(Cl)c(NO)c2)N(CCC2C=CC(F)=CC2)Cc2ccccc2)c1. The molecule has 0 saturated heterocycles. The maximum atomic E-state index is 13.5. The predicted molar refractivity (Wildman–Crippen MR) is 151 cm³/mol. The van der Waals surface area contributed by atoms with Crippen LogP contribution in [0.25, 0.3) is 0 Å². The molecule has 0 aliphatic heterocycles. The highest BCUT2D eigenvalue weighted by Crippen LogP contribution is 2.32. The molecule has 1 unspecified atom stereocenters. The molecule has 192 valence electrons. The molecule has 0 radical (unpaired) electrons. The van der Waals surface area contributed by atoms with Gasteiger partial charge in [0.1, 0.15) is 11.6 Å². The first-order chi connectivity index (χ1) is 18.0. The first-order valence-electron chi connectivity index (χ1n) is 12.0. The van der Waals surface area contributed by atoms with Gasteiger partial charge in [0, 0.05) is 18.0 Å². The van der Waals surface area contributed by atoms with Crippen molar-refractivity contribution < 1.29 is 14.3 Å². The van der Waals surface area contributed by atoms with Gasteiger partial charge in [-0.25, -0.2) is 9.38 Å². The summed E-state index contributed by atoms with van der Waals surface area (Å²) in [6, 6.07) is 23.3. The van der Waals surface area contributed by atoms with Gasteiger partial charge in [0.15, 0.2) is 5.17 Å². The topological polar surface area (TPSA) is 57.1 Å². The van der Waals surface area contributed by atoms with Crippen molar-refractivity contribution in [3.05, 3.63) is 107 Å². The highest BCUT2D eigenvalue weighted by atomic mass is 35.5. The lowest BCUT2D eigenvalue weighted by atomic mass is 9.97. The zero-order valence-corrected chi connectivity index (χ0v) is 22.1. The highest BCUT2D eigenvalue weighted by molar-refractivity contribution is 8.13. The Morgan fingerprint density at radius 1 is 1.16 bits per heavy atom. The van der Waals surface area contributed by atoms with E-state index in [1.54, 1.807) is 31.4 Å². The Hall–Kier alpha value is -3.26. The van der Waals surface area contributed by atoms with Gasteiger partial charge >= 0.3 is 0 Å². The van der Waals surface area contributed by atoms with Gasteiger partial charge in [0.2, 0.25) is 0 Å². The molecule has 8 heteroatoms. The number of benzene rings is 3. The molecule has 0 amide bonds. The van der Waals surface area contributed by atoms with E-state index in [0.29, 0.717) is 35.9 Å². The lowest BCUT2D eigenvalue weighted by molar-refractivity contribution is 0.382. The fraction of sp³-hybridized carbons (Fsp3) is 0.207. The van der Waals surface area contributed by atoms with Crippen molar-refractivity contribution in [2.24, 2.45) is 10.9 Å². The standard InChI is InChI=1S/C29H29ClFN3O2S/c1-36-25-8-5-9-26(19-25)37-29(32-24-14-15-27(30)28(18-24)33-35)34(20-22-6-3-2-4-7-22)17-16-21-10-12-23(31)13-11-21/h2-10,12-15,18-19,21,33,35H,11,16-17,20H2,1H3. The van der Waals surface area contributed by atoms with Gasteiger partial charge in [0.25, 0.3) is 0 Å². The Labute approximate surface area is 226 Å². The lowest BCUT2D eigenvalue weighted by Crippen LogP contribution is -2.30. The molecule has 0 saturated carbocycles. The van der Waals surface area contributed by atoms with Crippen LogP contribution in [0.15, 0.2) is 107 Å². The van der Waals surface area contributed by atoms with Gasteiger partial charge in [0.05, 0.1) is 23.5 Å². The van der Waals surface area contributed by atoms with Gasteiger partial charge in [-0.3, -0.25) is 10.7 Å². The second kappa shape index (κ2) is 13.3. The summed E-state index contributed by atoms with van der Waals surface area (Å²) in [5.41, 5.74) is 4.31. The van der Waals surface area contributed by atoms with Crippen LogP contribution in [0.3, 0.4) is 0 Å². The molecule has 1 aliphatic carbocycles. The molecule has 0 spiro atoms. The Bertz CT molecular complexity index is 1280. The second-order valence-electron chi connectivity index (χ2n) is 8.59. The van der Waals surface area contributed by atoms with E-state index < -0.39 is 0 Å². The molecule has 3 aromatic rings. The van der Waals surface area contributed by atoms with Crippen LogP contribution in [-0.4, -0.2) is 28.9 Å². The summed E-state index contributed by atoms with van der Waals surface area (Å²) in [4.78, 5) is 8.21. The summed E-state index contributed by atoms with van der Waals surface area (Å²) >= 11 is 7.71. The summed E-state index contributed by atoms with van der Waals surface area (Å²) in [5, 5.41) is 10.7. The number of amidine groups is 1. The van der Waals surface area contributed by atoms with Crippen LogP contribution < -0.4 is 10.2 Å². The van der Waals surface area contributed by atoms with E-state index in [4.69, 9.17) is 21.3 Å². The van der Waals surface area contributed by atoms with E-state index in [1.165, 1.54) is 11.8 Å². The molecule has 1 atom stereocenters. The molecule has 4 rings (SSSR count). The number of allylic oxidation sites excluding steroid dienone is 4. The molecule has 2 N–H and O–H groups in total. The van der Waals surface area contributed by atoms with Gasteiger partial charge in [-0.15, -0.1) is 0 Å². The number of ether oxygens (including phenoxy) is 1. The smallest absolute Gasteiger partial charge is 0.169 e. The molecule has 3 aromatic carbocycles. The van der Waals surface area contributed by atoms with E-state index in [-0.39, 0.29) is 11.7 Å². The van der Waals surface area contributed by atoms with Crippen LogP contribution in [0.5, 0.6) is 5.75 Å². The third-order valence-corrected chi connectivity index (χ3v) is 7.30. The third kappa shape index (κ3) is 7.86. The van der Waals surface area contributed by atoms with E-state index in [1.807, 2.05) is 54.6 Å². The number of rotatable bonds is 9. The average molecular weight is 538 g/mol. The van der Waals surface area contributed by atoms with E-state index in [0.717, 1.165) is 27.8 Å². The largest absolute Gasteiger partial charge is 0.497 e. The Balaban J connectivity index is 1.69. The van der Waals surface area contributed by atoms with Gasteiger partial charge in [-0.2, -0.15) is 0 Å². The minimum Gasteiger partial charge on any atom is -0.497 e. The van der Waals surface area contributed by atoms with Crippen LogP contribution in [0.1, 0.15) is 18.4 Å². The van der Waals surface area contributed by atoms with Crippen LogP contribution in [-0.2, 0) is 6.54 Å². The Kier molecular flexibility index (Phi) is 9.65. The number of hydrogen-bond donors (Lipinski definition) is 2. The normalized spacial score (nSPS) is 15.3. The van der Waals surface area contributed by atoms with Crippen molar-refractivity contribution in [3.63, 3.8) is 0 Å². The molecular formula is C29H29ClFN3O2S. The second-order valence-corrected chi connectivity index (χ2v) is 10.0. The Morgan fingerprint density at radius 3 is 2.73 bits per heavy atom. The highest BCUT2D eigenvalue weighted by Gasteiger charge is 2.18. The zero-order chi connectivity index (χ0) is 26.0. The molecule has 0 heterocycles. The third-order valence-electron chi connectivity index (χ3n) is 5.95. The van der Waals surface area contributed by atoms with Crippen molar-refractivity contribution in [2.45, 2.75) is 24.3 Å². The number of nitrogens with one attached hydrogen (secondary N) is 1. The van der Waals surface area contributed by atoms with Crippen molar-refractivity contribution in [2.75, 3.05) is 19.1 Å². The monoisotopic (exact) mass is 537 g/mol. The summed E-state index contributed by atoms with van der Waals surface area (Å²) in [7, 11) is 1.65. The number of methoxy groups -OCH3 is 1. The van der Waals surface area contributed by atoms with Crippen LogP contribution >= 0.6 is 23.4 Å². The minimum absolute atomic E-state index is 0.177. The first kappa shape index (κ1) is 26.8. The number of halogens is 2.